The van der Waals surface area contributed by atoms with Crippen LogP contribution in [0.2, 0.25) is 0 Å². The number of hydrogen-bond acceptors (Lipinski definition) is 4. The molecule has 0 saturated heterocycles. The molecule has 0 spiro atoms. The summed E-state index contributed by atoms with van der Waals surface area (Å²) >= 11 is 0. The molecule has 1 aromatic carbocycles. The highest BCUT2D eigenvalue weighted by Gasteiger charge is 2.23. The standard InChI is InChI=1S/C14H22N2O3/c1-14(2,3)19-13(17)16(9-8-15)11-6-5-7-12(10-11)18-4/h5-7,10H,8-9,15H2,1-4H3. The molecule has 1 aromatic rings. The zero-order valence-corrected chi connectivity index (χ0v) is 12.0. The lowest BCUT2D eigenvalue weighted by atomic mass is 10.2. The fraction of sp³-hybridized carbons (Fsp3) is 0.500. The third kappa shape index (κ3) is 4.79. The molecular formula is C14H22N2O3. The van der Waals surface area contributed by atoms with E-state index in [1.165, 1.54) is 4.90 Å². The molecule has 0 aliphatic carbocycles. The van der Waals surface area contributed by atoms with Crippen molar-refractivity contribution in [2.45, 2.75) is 26.4 Å². The average Bonchev–Trinajstić information content (AvgIpc) is 2.33. The first-order chi connectivity index (χ1) is 8.87. The lowest BCUT2D eigenvalue weighted by Gasteiger charge is -2.27. The molecule has 106 valence electrons. The zero-order chi connectivity index (χ0) is 14.5. The largest absolute Gasteiger partial charge is 0.497 e. The monoisotopic (exact) mass is 266 g/mol. The molecule has 5 heteroatoms. The SMILES string of the molecule is COc1cccc(N(CCN)C(=O)OC(C)(C)C)c1. The highest BCUT2D eigenvalue weighted by atomic mass is 16.6. The Kier molecular flexibility index (Phi) is 5.18. The molecule has 0 aliphatic rings. The van der Waals surface area contributed by atoms with Crippen LogP contribution in [0.4, 0.5) is 10.5 Å². The van der Waals surface area contributed by atoms with Gasteiger partial charge in [-0.3, -0.25) is 4.90 Å². The molecule has 0 radical (unpaired) electrons. The molecule has 1 amide bonds. The number of hydrogen-bond donors (Lipinski definition) is 1. The van der Waals surface area contributed by atoms with Crippen LogP contribution in [0, 0.1) is 0 Å². The Bertz CT molecular complexity index is 427. The number of rotatable bonds is 4. The molecule has 5 nitrogen and oxygen atoms in total. The van der Waals surface area contributed by atoms with Gasteiger partial charge in [0, 0.05) is 19.2 Å². The van der Waals surface area contributed by atoms with Gasteiger partial charge in [0.1, 0.15) is 11.4 Å². The van der Waals surface area contributed by atoms with Gasteiger partial charge in [0.25, 0.3) is 0 Å². The minimum Gasteiger partial charge on any atom is -0.497 e. The predicted molar refractivity (Wildman–Crippen MR) is 75.6 cm³/mol. The van der Waals surface area contributed by atoms with Crippen LogP contribution in [0.15, 0.2) is 24.3 Å². The Hall–Kier alpha value is -1.75. The number of nitrogens with zero attached hydrogens (tertiary/aromatic N) is 1. The summed E-state index contributed by atoms with van der Waals surface area (Å²) in [5.74, 6) is 0.683. The quantitative estimate of drug-likeness (QED) is 0.908. The van der Waals surface area contributed by atoms with Crippen LogP contribution < -0.4 is 15.4 Å². The van der Waals surface area contributed by atoms with Crippen molar-refractivity contribution in [2.24, 2.45) is 5.73 Å². The minimum absolute atomic E-state index is 0.358. The second kappa shape index (κ2) is 6.43. The van der Waals surface area contributed by atoms with Gasteiger partial charge in [-0.2, -0.15) is 0 Å². The fourth-order valence-electron chi connectivity index (χ4n) is 1.55. The van der Waals surface area contributed by atoms with Gasteiger partial charge in [-0.15, -0.1) is 0 Å². The smallest absolute Gasteiger partial charge is 0.414 e. The Morgan fingerprint density at radius 2 is 2.05 bits per heavy atom. The number of carbonyl (C=O) groups is 1. The summed E-state index contributed by atoms with van der Waals surface area (Å²) in [6.45, 7) is 6.24. The predicted octanol–water partition coefficient (Wildman–Crippen LogP) is 2.40. The molecule has 0 bridgehead atoms. The molecular weight excluding hydrogens is 244 g/mol. The van der Waals surface area contributed by atoms with Crippen LogP contribution in [0.1, 0.15) is 20.8 Å². The Morgan fingerprint density at radius 1 is 1.37 bits per heavy atom. The Labute approximate surface area is 114 Å². The maximum absolute atomic E-state index is 12.2. The van der Waals surface area contributed by atoms with Gasteiger partial charge in [0.2, 0.25) is 0 Å². The van der Waals surface area contributed by atoms with Crippen molar-refractivity contribution in [3.63, 3.8) is 0 Å². The first-order valence-corrected chi connectivity index (χ1v) is 6.22. The van der Waals surface area contributed by atoms with Crippen molar-refractivity contribution in [3.8, 4) is 5.75 Å². The van der Waals surface area contributed by atoms with Crippen molar-refractivity contribution in [1.29, 1.82) is 0 Å². The Morgan fingerprint density at radius 3 is 2.58 bits per heavy atom. The number of anilines is 1. The molecule has 0 saturated carbocycles. The Balaban J connectivity index is 2.95. The van der Waals surface area contributed by atoms with E-state index in [1.54, 1.807) is 13.2 Å². The van der Waals surface area contributed by atoms with Gasteiger partial charge in [-0.1, -0.05) is 6.07 Å². The van der Waals surface area contributed by atoms with E-state index in [0.29, 0.717) is 24.5 Å². The summed E-state index contributed by atoms with van der Waals surface area (Å²) < 4.78 is 10.5. The van der Waals surface area contributed by atoms with Gasteiger partial charge < -0.3 is 15.2 Å². The molecule has 0 heterocycles. The highest BCUT2D eigenvalue weighted by Crippen LogP contribution is 2.22. The topological polar surface area (TPSA) is 64.8 Å². The number of ether oxygens (including phenoxy) is 2. The second-order valence-corrected chi connectivity index (χ2v) is 5.12. The lowest BCUT2D eigenvalue weighted by Crippen LogP contribution is -2.39. The van der Waals surface area contributed by atoms with Crippen molar-refractivity contribution >= 4 is 11.8 Å². The summed E-state index contributed by atoms with van der Waals surface area (Å²) in [4.78, 5) is 13.7. The van der Waals surface area contributed by atoms with E-state index in [4.69, 9.17) is 15.2 Å². The number of carbonyl (C=O) groups excluding carboxylic acids is 1. The zero-order valence-electron chi connectivity index (χ0n) is 12.0. The van der Waals surface area contributed by atoms with Gasteiger partial charge in [-0.25, -0.2) is 4.79 Å². The number of benzene rings is 1. The molecule has 0 aromatic heterocycles. The molecule has 0 aliphatic heterocycles. The van der Waals surface area contributed by atoms with Crippen molar-refractivity contribution in [1.82, 2.24) is 0 Å². The fourth-order valence-corrected chi connectivity index (χ4v) is 1.55. The van der Waals surface area contributed by atoms with Gasteiger partial charge in [0.15, 0.2) is 0 Å². The molecule has 0 fully saturated rings. The van der Waals surface area contributed by atoms with Crippen molar-refractivity contribution in [2.75, 3.05) is 25.1 Å². The van der Waals surface area contributed by atoms with Gasteiger partial charge in [0.05, 0.1) is 12.8 Å². The third-order valence-corrected chi connectivity index (χ3v) is 2.33. The minimum atomic E-state index is -0.539. The van der Waals surface area contributed by atoms with Crippen LogP contribution in [-0.4, -0.2) is 31.9 Å². The molecule has 2 N–H and O–H groups in total. The first-order valence-electron chi connectivity index (χ1n) is 6.22. The van der Waals surface area contributed by atoms with E-state index in [0.717, 1.165) is 0 Å². The van der Waals surface area contributed by atoms with Crippen LogP contribution in [0.3, 0.4) is 0 Å². The van der Waals surface area contributed by atoms with Crippen LogP contribution in [0.5, 0.6) is 5.75 Å². The summed E-state index contributed by atoms with van der Waals surface area (Å²) in [6, 6.07) is 7.24. The third-order valence-electron chi connectivity index (χ3n) is 2.33. The van der Waals surface area contributed by atoms with Crippen LogP contribution in [0.25, 0.3) is 0 Å². The number of methoxy groups -OCH3 is 1. The van der Waals surface area contributed by atoms with Crippen LogP contribution >= 0.6 is 0 Å². The van der Waals surface area contributed by atoms with E-state index in [2.05, 4.69) is 0 Å². The summed E-state index contributed by atoms with van der Waals surface area (Å²) in [6.07, 6.45) is -0.411. The molecule has 1 rings (SSSR count). The summed E-state index contributed by atoms with van der Waals surface area (Å²) in [5.41, 5.74) is 5.73. The summed E-state index contributed by atoms with van der Waals surface area (Å²) in [7, 11) is 1.58. The maximum atomic E-state index is 12.2. The number of amides is 1. The van der Waals surface area contributed by atoms with Crippen molar-refractivity contribution < 1.29 is 14.3 Å². The number of nitrogens with two attached hydrogens (primary N) is 1. The van der Waals surface area contributed by atoms with Gasteiger partial charge >= 0.3 is 6.09 Å². The molecule has 19 heavy (non-hydrogen) atoms. The van der Waals surface area contributed by atoms with E-state index in [1.807, 2.05) is 39.0 Å². The van der Waals surface area contributed by atoms with Crippen LogP contribution in [-0.2, 0) is 4.74 Å². The molecule has 0 unspecified atom stereocenters. The first kappa shape index (κ1) is 15.3. The van der Waals surface area contributed by atoms with E-state index in [-0.39, 0.29) is 0 Å². The molecule has 0 atom stereocenters. The lowest BCUT2D eigenvalue weighted by molar-refractivity contribution is 0.0581. The van der Waals surface area contributed by atoms with Gasteiger partial charge in [-0.05, 0) is 32.9 Å². The van der Waals surface area contributed by atoms with Crippen molar-refractivity contribution in [3.05, 3.63) is 24.3 Å². The second-order valence-electron chi connectivity index (χ2n) is 5.12. The normalized spacial score (nSPS) is 11.0. The maximum Gasteiger partial charge on any atom is 0.414 e. The highest BCUT2D eigenvalue weighted by molar-refractivity contribution is 5.88. The van der Waals surface area contributed by atoms with E-state index in [9.17, 15) is 4.79 Å². The van der Waals surface area contributed by atoms with E-state index >= 15 is 0 Å². The van der Waals surface area contributed by atoms with E-state index < -0.39 is 11.7 Å². The average molecular weight is 266 g/mol. The summed E-state index contributed by atoms with van der Waals surface area (Å²) in [5, 5.41) is 0.